The minimum atomic E-state index is -0.342. The lowest BCUT2D eigenvalue weighted by atomic mass is 10.3. The van der Waals surface area contributed by atoms with Crippen molar-refractivity contribution in [3.05, 3.63) is 47.3 Å². The molecule has 170 valence electrons. The Morgan fingerprint density at radius 3 is 2.56 bits per heavy atom. The monoisotopic (exact) mass is 490 g/mol. The van der Waals surface area contributed by atoms with E-state index in [1.807, 2.05) is 42.7 Å². The van der Waals surface area contributed by atoms with Gasteiger partial charge >= 0.3 is 5.97 Å². The molecule has 0 aliphatic heterocycles. The van der Waals surface area contributed by atoms with Gasteiger partial charge in [-0.1, -0.05) is 11.3 Å². The summed E-state index contributed by atoms with van der Waals surface area (Å²) in [6, 6.07) is 13.9. The van der Waals surface area contributed by atoms with Crippen LogP contribution in [-0.4, -0.2) is 42.2 Å². The minimum Gasteiger partial charge on any atom is -0.497 e. The summed E-state index contributed by atoms with van der Waals surface area (Å²) in [5.41, 5.74) is 0.877. The Kier molecular flexibility index (Phi) is 9.25. The number of hydrogen-bond acceptors (Lipinski definition) is 7. The van der Waals surface area contributed by atoms with Crippen LogP contribution < -0.4 is 9.54 Å². The van der Waals surface area contributed by atoms with Gasteiger partial charge in [0, 0.05) is 16.2 Å². The second kappa shape index (κ2) is 12.1. The SMILES string of the molecule is CCOC(=O)Cn1c(=NC(=O)CCCSc2ccc(OC)cc2)sc2cc(SC)ccc21. The Bertz CT molecular complexity index is 1140. The minimum absolute atomic E-state index is 0.0336. The van der Waals surface area contributed by atoms with E-state index in [1.165, 1.54) is 11.3 Å². The van der Waals surface area contributed by atoms with Crippen LogP contribution in [0.1, 0.15) is 19.8 Å². The third kappa shape index (κ3) is 6.63. The molecule has 0 unspecified atom stereocenters. The summed E-state index contributed by atoms with van der Waals surface area (Å²) in [6.45, 7) is 2.12. The summed E-state index contributed by atoms with van der Waals surface area (Å²) < 4.78 is 13.0. The summed E-state index contributed by atoms with van der Waals surface area (Å²) in [7, 11) is 1.64. The Hall–Kier alpha value is -2.23. The van der Waals surface area contributed by atoms with Crippen molar-refractivity contribution in [1.82, 2.24) is 4.57 Å². The molecule has 0 aliphatic rings. The predicted octanol–water partition coefficient (Wildman–Crippen LogP) is 5.00. The summed E-state index contributed by atoms with van der Waals surface area (Å²) in [4.78, 5) is 31.8. The molecule has 1 aromatic heterocycles. The molecular formula is C23H26N2O4S3. The first-order chi connectivity index (χ1) is 15.5. The number of esters is 1. The second-order valence-corrected chi connectivity index (χ2v) is 9.80. The topological polar surface area (TPSA) is 69.9 Å². The highest BCUT2D eigenvalue weighted by Crippen LogP contribution is 2.25. The Balaban J connectivity index is 1.70. The smallest absolute Gasteiger partial charge is 0.326 e. The Morgan fingerprint density at radius 1 is 1.12 bits per heavy atom. The van der Waals surface area contributed by atoms with Gasteiger partial charge in [0.05, 0.1) is 23.9 Å². The number of fused-ring (bicyclic) bond motifs is 1. The number of benzene rings is 2. The van der Waals surface area contributed by atoms with E-state index < -0.39 is 0 Å². The average Bonchev–Trinajstić information content (AvgIpc) is 3.13. The van der Waals surface area contributed by atoms with Crippen molar-refractivity contribution in [2.24, 2.45) is 4.99 Å². The highest BCUT2D eigenvalue weighted by Gasteiger charge is 2.13. The van der Waals surface area contributed by atoms with Crippen molar-refractivity contribution in [2.45, 2.75) is 36.1 Å². The predicted molar refractivity (Wildman–Crippen MR) is 132 cm³/mol. The second-order valence-electron chi connectivity index (χ2n) is 6.74. The normalized spacial score (nSPS) is 11.7. The van der Waals surface area contributed by atoms with Gasteiger partial charge in [-0.15, -0.1) is 23.5 Å². The molecule has 0 spiro atoms. The van der Waals surface area contributed by atoms with Gasteiger partial charge in [-0.3, -0.25) is 9.59 Å². The van der Waals surface area contributed by atoms with E-state index in [2.05, 4.69) is 11.1 Å². The van der Waals surface area contributed by atoms with E-state index in [4.69, 9.17) is 9.47 Å². The maximum Gasteiger partial charge on any atom is 0.326 e. The van der Waals surface area contributed by atoms with Crippen LogP contribution in [0.4, 0.5) is 0 Å². The van der Waals surface area contributed by atoms with Crippen LogP contribution in [0.2, 0.25) is 0 Å². The number of hydrogen-bond donors (Lipinski definition) is 0. The molecule has 0 saturated heterocycles. The van der Waals surface area contributed by atoms with Crippen molar-refractivity contribution in [3.63, 3.8) is 0 Å². The van der Waals surface area contributed by atoms with Gasteiger partial charge < -0.3 is 14.0 Å². The van der Waals surface area contributed by atoms with Gasteiger partial charge in [0.15, 0.2) is 4.80 Å². The van der Waals surface area contributed by atoms with E-state index in [0.29, 0.717) is 17.8 Å². The van der Waals surface area contributed by atoms with Gasteiger partial charge in [-0.05, 0) is 67.8 Å². The largest absolute Gasteiger partial charge is 0.497 e. The van der Waals surface area contributed by atoms with Gasteiger partial charge in [0.2, 0.25) is 5.91 Å². The molecule has 0 aliphatic carbocycles. The van der Waals surface area contributed by atoms with Crippen molar-refractivity contribution in [3.8, 4) is 5.75 Å². The number of thioether (sulfide) groups is 2. The third-order valence-electron chi connectivity index (χ3n) is 4.57. The molecule has 0 saturated carbocycles. The standard InChI is InChI=1S/C23H26N2O4S3/c1-4-29-22(27)15-25-19-12-11-18(30-3)14-20(19)32-23(25)24-21(26)6-5-13-31-17-9-7-16(28-2)8-10-17/h7-12,14H,4-6,13,15H2,1-3H3. The molecule has 2 aromatic carbocycles. The number of carbonyl (C=O) groups excluding carboxylic acids is 2. The van der Waals surface area contributed by atoms with Crippen molar-refractivity contribution in [1.29, 1.82) is 0 Å². The first-order valence-corrected chi connectivity index (χ1v) is 13.2. The van der Waals surface area contributed by atoms with Crippen molar-refractivity contribution < 1.29 is 19.1 Å². The summed E-state index contributed by atoms with van der Waals surface area (Å²) in [5, 5.41) is 0. The lowest BCUT2D eigenvalue weighted by molar-refractivity contribution is -0.143. The van der Waals surface area contributed by atoms with Crippen LogP contribution in [-0.2, 0) is 20.9 Å². The van der Waals surface area contributed by atoms with Crippen LogP contribution >= 0.6 is 34.9 Å². The van der Waals surface area contributed by atoms with Crippen LogP contribution in [0.5, 0.6) is 5.75 Å². The zero-order chi connectivity index (χ0) is 22.9. The number of aromatic nitrogens is 1. The molecule has 9 heteroatoms. The maximum absolute atomic E-state index is 12.6. The van der Waals surface area contributed by atoms with E-state index in [0.717, 1.165) is 37.9 Å². The first kappa shape index (κ1) is 24.4. The molecule has 0 N–H and O–H groups in total. The molecule has 6 nitrogen and oxygen atoms in total. The molecule has 0 bridgehead atoms. The summed E-state index contributed by atoms with van der Waals surface area (Å²) in [5.74, 6) is 1.12. The van der Waals surface area contributed by atoms with Gasteiger partial charge in [-0.25, -0.2) is 0 Å². The fourth-order valence-corrected chi connectivity index (χ4v) is 5.46. The average molecular weight is 491 g/mol. The van der Waals surface area contributed by atoms with Crippen LogP contribution in [0, 0.1) is 0 Å². The Labute approximate surface area is 200 Å². The maximum atomic E-state index is 12.6. The molecule has 0 radical (unpaired) electrons. The molecule has 1 amide bonds. The van der Waals surface area contributed by atoms with Crippen LogP contribution in [0.25, 0.3) is 10.2 Å². The number of carbonyl (C=O) groups is 2. The van der Waals surface area contributed by atoms with E-state index in [1.54, 1.807) is 42.1 Å². The van der Waals surface area contributed by atoms with Gasteiger partial charge in [0.25, 0.3) is 0 Å². The highest BCUT2D eigenvalue weighted by molar-refractivity contribution is 7.99. The Morgan fingerprint density at radius 2 is 1.88 bits per heavy atom. The number of rotatable bonds is 10. The van der Waals surface area contributed by atoms with Crippen molar-refractivity contribution in [2.75, 3.05) is 25.7 Å². The summed E-state index contributed by atoms with van der Waals surface area (Å²) >= 11 is 4.76. The van der Waals surface area contributed by atoms with Crippen molar-refractivity contribution >= 4 is 57.0 Å². The number of nitrogens with zero attached hydrogens (tertiary/aromatic N) is 2. The lowest BCUT2D eigenvalue weighted by Crippen LogP contribution is -2.23. The zero-order valence-corrected chi connectivity index (χ0v) is 20.8. The fraction of sp³-hybridized carbons (Fsp3) is 0.348. The number of amides is 1. The first-order valence-electron chi connectivity index (χ1n) is 10.2. The molecule has 0 fully saturated rings. The van der Waals surface area contributed by atoms with Gasteiger partial charge in [0.1, 0.15) is 12.3 Å². The van der Waals surface area contributed by atoms with Crippen LogP contribution in [0.15, 0.2) is 57.2 Å². The summed E-state index contributed by atoms with van der Waals surface area (Å²) in [6.07, 6.45) is 3.09. The molecule has 3 aromatic rings. The highest BCUT2D eigenvalue weighted by atomic mass is 32.2. The quantitative estimate of drug-likeness (QED) is 0.226. The molecular weight excluding hydrogens is 464 g/mol. The van der Waals surface area contributed by atoms with E-state index in [9.17, 15) is 9.59 Å². The van der Waals surface area contributed by atoms with Crippen LogP contribution in [0.3, 0.4) is 0 Å². The number of ether oxygens (including phenoxy) is 2. The fourth-order valence-electron chi connectivity index (χ4n) is 3.00. The molecule has 3 rings (SSSR count). The number of methoxy groups -OCH3 is 1. The zero-order valence-electron chi connectivity index (χ0n) is 18.3. The lowest BCUT2D eigenvalue weighted by Gasteiger charge is -2.05. The van der Waals surface area contributed by atoms with Gasteiger partial charge in [-0.2, -0.15) is 4.99 Å². The molecule has 0 atom stereocenters. The molecule has 32 heavy (non-hydrogen) atoms. The van der Waals surface area contributed by atoms with E-state index in [-0.39, 0.29) is 18.4 Å². The number of thiazole rings is 1. The third-order valence-corrected chi connectivity index (χ3v) is 7.43. The van der Waals surface area contributed by atoms with E-state index >= 15 is 0 Å². The molecule has 1 heterocycles.